The molecule has 6 aromatic rings. The molecule has 0 bridgehead atoms. The Hall–Kier alpha value is -12.1. The number of nitrogens with one attached hydrogen (secondary N) is 6. The summed E-state index contributed by atoms with van der Waals surface area (Å²) in [5, 5.41) is 10.6. The third-order valence-electron chi connectivity index (χ3n) is 17.8. The number of halogens is 3. The van der Waals surface area contributed by atoms with Crippen LogP contribution in [0, 0.1) is 5.92 Å². The van der Waals surface area contributed by atoms with Crippen LogP contribution in [-0.2, 0) is 99.0 Å². The van der Waals surface area contributed by atoms with E-state index in [0.29, 0.717) is 42.0 Å². The zero-order chi connectivity index (χ0) is 87.3. The molecule has 0 saturated heterocycles. The fraction of sp³-hybridized carbons (Fsp3) is 0.462. The van der Waals surface area contributed by atoms with Crippen molar-refractivity contribution in [2.45, 2.75) is 174 Å². The topological polar surface area (TPSA) is 551 Å². The Morgan fingerprint density at radius 3 is 1.33 bits per heavy atom. The van der Waals surface area contributed by atoms with Gasteiger partial charge in [-0.05, 0) is 115 Å². The molecular formula is C78H94F3LiN16O23. The first-order valence-corrected chi connectivity index (χ1v) is 37.7. The van der Waals surface area contributed by atoms with Gasteiger partial charge >= 0.3 is 42.9 Å². The van der Waals surface area contributed by atoms with Gasteiger partial charge in [0.05, 0.1) is 77.5 Å². The molecule has 2 aliphatic rings. The van der Waals surface area contributed by atoms with E-state index in [0.717, 1.165) is 59.5 Å². The van der Waals surface area contributed by atoms with Gasteiger partial charge in [0.25, 0.3) is 46.6 Å². The number of hydrogen-bond acceptors (Lipinski definition) is 31. The molecule has 646 valence electrons. The third kappa shape index (κ3) is 31.9. The predicted octanol–water partition coefficient (Wildman–Crippen LogP) is 1.81. The monoisotopic (exact) mass is 1690 g/mol. The van der Waals surface area contributed by atoms with Crippen LogP contribution < -0.4 is 61.9 Å². The maximum Gasteiger partial charge on any atom is 1.00 e. The number of aromatic nitrogens is 8. The molecule has 2 aromatic carbocycles. The number of nitrogens with zero attached hydrogens (tertiary/aromatic N) is 9. The zero-order valence-electron chi connectivity index (χ0n) is 68.0. The Bertz CT molecular complexity index is 4890. The Morgan fingerprint density at radius 2 is 0.917 bits per heavy atom. The van der Waals surface area contributed by atoms with E-state index < -0.39 is 113 Å². The number of carbonyl (C=O) groups is 14. The largest absolute Gasteiger partial charge is 1.00 e. The van der Waals surface area contributed by atoms with Gasteiger partial charge in [-0.15, -0.1) is 0 Å². The number of nitrogens with two attached hydrogens (primary N) is 1. The molecule has 6 heterocycles. The van der Waals surface area contributed by atoms with Gasteiger partial charge < -0.3 is 55.6 Å². The molecule has 0 unspecified atom stereocenters. The number of rotatable bonds is 46. The van der Waals surface area contributed by atoms with E-state index in [4.69, 9.17) is 34.2 Å². The number of imide groups is 2. The average Bonchev–Trinajstić information content (AvgIpc) is 1.46. The number of benzene rings is 2. The van der Waals surface area contributed by atoms with Crippen LogP contribution in [0.2, 0.25) is 0 Å². The van der Waals surface area contributed by atoms with Gasteiger partial charge in [0.2, 0.25) is 17.8 Å². The van der Waals surface area contributed by atoms with E-state index in [1.54, 1.807) is 65.8 Å². The van der Waals surface area contributed by atoms with Gasteiger partial charge in [-0.1, -0.05) is 13.8 Å². The number of ether oxygens (including phenoxy) is 6. The first-order valence-electron chi connectivity index (χ1n) is 37.7. The Labute approximate surface area is 701 Å². The van der Waals surface area contributed by atoms with Crippen LogP contribution in [0.4, 0.5) is 36.4 Å². The van der Waals surface area contributed by atoms with Crippen molar-refractivity contribution in [3.8, 4) is 0 Å². The van der Waals surface area contributed by atoms with Crippen molar-refractivity contribution >= 4 is 128 Å². The predicted molar refractivity (Wildman–Crippen MR) is 418 cm³/mol. The molecule has 43 heteroatoms. The standard InChI is InChI=1S/C42H49F3N8O12.C36H44N8O10.Li.H2O/c1-24(2)35(58)50-40-49-34-33(37(60)51-40)47-26(22-46-34)23-53(39(62)42(43,44)45)27-12-10-25(11-13-27)36(59)48-30(38(61)63-5)15-14-28(54)8-6-20-64-41(3,4)65-21-7-9-29(55)18-19-52-31(56)16-17-32(52)57;1-36(2,54-19-5-7-26(46)16-17-44-28(47)14-15-29(44)48)53-18-4-6-25(45)12-13-27(34(51)52-3)41-32(49)22-8-10-23(11-9-22)38-20-24-21-39-31-30(40-24)33(50)43-35(37)42-31;;/h10-13,16-17,22,24,30H,6-9,14-15,18-21,23H2,1-5H3,(H,48,59)(H2,46,49,50,51,58,60);8-11,14-15,21,27,38H,4-7,12-13,16-20H2,1-3H3,(H,41,49)(H3,37,39,42,43,50);;1H2/q;;+1;/p-1/t30-;27-;;/m00../s1. The fourth-order valence-corrected chi connectivity index (χ4v) is 11.3. The van der Waals surface area contributed by atoms with Gasteiger partial charge in [-0.2, -0.15) is 23.1 Å². The second-order valence-corrected chi connectivity index (χ2v) is 28.2. The second-order valence-electron chi connectivity index (χ2n) is 28.2. The summed E-state index contributed by atoms with van der Waals surface area (Å²) in [6.45, 7) is 10.3. The summed E-state index contributed by atoms with van der Waals surface area (Å²) in [5.74, 6) is -10.7. The first kappa shape index (κ1) is 99.5. The number of aromatic amines is 2. The molecular weight excluding hydrogens is 1590 g/mol. The van der Waals surface area contributed by atoms with E-state index in [9.17, 15) is 89.9 Å². The molecule has 9 N–H and O–H groups in total. The summed E-state index contributed by atoms with van der Waals surface area (Å²) < 4.78 is 73.9. The Morgan fingerprint density at radius 1 is 0.529 bits per heavy atom. The van der Waals surface area contributed by atoms with Gasteiger partial charge in [0.1, 0.15) is 35.2 Å². The van der Waals surface area contributed by atoms with Gasteiger partial charge in [0, 0.05) is 117 Å². The maximum atomic E-state index is 13.8. The fourth-order valence-electron chi connectivity index (χ4n) is 11.3. The van der Waals surface area contributed by atoms with E-state index in [1.165, 1.54) is 25.5 Å². The van der Waals surface area contributed by atoms with Crippen LogP contribution in [0.5, 0.6) is 0 Å². The number of nitrogen functional groups attached to an aromatic ring is 1. The molecule has 0 fully saturated rings. The molecule has 8 rings (SSSR count). The van der Waals surface area contributed by atoms with Crippen LogP contribution in [0.1, 0.15) is 164 Å². The summed E-state index contributed by atoms with van der Waals surface area (Å²) in [6.07, 6.45) is 3.90. The molecule has 2 aliphatic heterocycles. The first-order chi connectivity index (χ1) is 56.3. The number of H-pyrrole nitrogens is 2. The summed E-state index contributed by atoms with van der Waals surface area (Å²) in [7, 11) is 2.28. The number of anilines is 4. The maximum absolute atomic E-state index is 13.8. The molecule has 121 heavy (non-hydrogen) atoms. The van der Waals surface area contributed by atoms with E-state index in [2.05, 4.69) is 61.1 Å². The number of esters is 2. The minimum Gasteiger partial charge on any atom is -0.870 e. The van der Waals surface area contributed by atoms with Crippen LogP contribution in [-0.4, -0.2) is 221 Å². The molecule has 4 aromatic heterocycles. The number of Topliss-reactive ketones (excluding diaryl/α,β-unsaturated/α-hetero) is 4. The average molecular weight is 1690 g/mol. The smallest absolute Gasteiger partial charge is 0.870 e. The van der Waals surface area contributed by atoms with Crippen molar-refractivity contribution in [3.05, 3.63) is 128 Å². The van der Waals surface area contributed by atoms with Crippen LogP contribution >= 0.6 is 0 Å². The molecule has 0 radical (unpaired) electrons. The van der Waals surface area contributed by atoms with Crippen molar-refractivity contribution in [1.82, 2.24) is 60.3 Å². The van der Waals surface area contributed by atoms with E-state index in [1.807, 2.05) is 0 Å². The van der Waals surface area contributed by atoms with Crippen molar-refractivity contribution in [2.24, 2.45) is 5.92 Å². The van der Waals surface area contributed by atoms with Crippen molar-refractivity contribution in [3.63, 3.8) is 0 Å². The summed E-state index contributed by atoms with van der Waals surface area (Å²) in [5.41, 5.74) is 4.53. The number of carbonyl (C=O) groups excluding carboxylic acids is 14. The SMILES string of the molecule is COC(=O)[C@H](CCC(=O)CCCOC(C)(C)OCCCC(=O)CCN1C(=O)C=CC1=O)NC(=O)c1ccc(N(Cc2cnc3nc(NC(=O)C(C)C)[nH]c(=O)c3n2)C(=O)C(F)(F)F)cc1.COC(=O)[C@H](CCC(=O)CCCOC(C)(C)OCCCC(=O)CCN1C(=O)C=CC1=O)NC(=O)c1ccc(NCc2cnc3nc(N)[nH]c(=O)c3n2)cc1.[Li+].[OH-]. The van der Waals surface area contributed by atoms with Gasteiger partial charge in [0.15, 0.2) is 33.9 Å². The molecule has 39 nitrogen and oxygen atoms in total. The minimum absolute atomic E-state index is 0. The van der Waals surface area contributed by atoms with E-state index in [-0.39, 0.29) is 214 Å². The van der Waals surface area contributed by atoms with Crippen molar-refractivity contribution < 1.29 is 133 Å². The van der Waals surface area contributed by atoms with Crippen LogP contribution in [0.3, 0.4) is 0 Å². The van der Waals surface area contributed by atoms with Crippen LogP contribution in [0.25, 0.3) is 22.3 Å². The number of ketones is 4. The third-order valence-corrected chi connectivity index (χ3v) is 17.8. The van der Waals surface area contributed by atoms with Crippen LogP contribution in [0.15, 0.2) is 94.8 Å². The Balaban J connectivity index is 0.000000430. The van der Waals surface area contributed by atoms with Gasteiger partial charge in [-0.3, -0.25) is 97.1 Å². The number of hydrogen-bond donors (Lipinski definition) is 7. The van der Waals surface area contributed by atoms with Crippen molar-refractivity contribution in [2.75, 3.05) is 75.0 Å². The van der Waals surface area contributed by atoms with Crippen molar-refractivity contribution in [1.29, 1.82) is 0 Å². The summed E-state index contributed by atoms with van der Waals surface area (Å²) in [4.78, 5) is 228. The summed E-state index contributed by atoms with van der Waals surface area (Å²) >= 11 is 0. The molecule has 0 saturated carbocycles. The molecule has 2 atom stereocenters. The molecule has 0 aliphatic carbocycles. The number of amides is 8. The minimum atomic E-state index is -5.35. The van der Waals surface area contributed by atoms with Gasteiger partial charge in [-0.25, -0.2) is 29.5 Å². The number of alkyl halides is 3. The number of fused-ring (bicyclic) bond motifs is 2. The normalized spacial score (nSPS) is 13.1. The van der Waals surface area contributed by atoms with E-state index >= 15 is 0 Å². The second kappa shape index (κ2) is 47.1. The summed E-state index contributed by atoms with van der Waals surface area (Å²) in [6, 6.07) is 8.48. The number of methoxy groups -OCH3 is 2. The quantitative estimate of drug-likeness (QED) is 0.00942. The molecule has 0 spiro atoms. The Kier molecular flexibility index (Phi) is 38.7. The molecule has 8 amide bonds. The zero-order valence-corrected chi connectivity index (χ0v) is 68.0.